The number of carbonyl (C=O) groups excluding carboxylic acids is 1. The van der Waals surface area contributed by atoms with Crippen LogP contribution in [0.3, 0.4) is 0 Å². The van der Waals surface area contributed by atoms with Crippen LogP contribution in [0.15, 0.2) is 16.9 Å². The van der Waals surface area contributed by atoms with Crippen molar-refractivity contribution in [1.29, 1.82) is 0 Å². The highest BCUT2D eigenvalue weighted by Crippen LogP contribution is 2.38. The van der Waals surface area contributed by atoms with E-state index in [1.54, 1.807) is 0 Å². The quantitative estimate of drug-likeness (QED) is 0.741. The highest BCUT2D eigenvalue weighted by atomic mass is 19.4. The standard InChI is InChI=1S/C16H19F3N4O5/c1-22-14(16(17,18)19)21-23(15(22)25)6-5-20-13(24)9-7-10(26-2)12(28-4)11(8-9)27-3/h7-8H,5-6H2,1-4H3,(H,20,24). The molecular weight excluding hydrogens is 385 g/mol. The minimum Gasteiger partial charge on any atom is -0.493 e. The summed E-state index contributed by atoms with van der Waals surface area (Å²) < 4.78 is 54.9. The fraction of sp³-hybridized carbons (Fsp3) is 0.438. The molecule has 1 heterocycles. The lowest BCUT2D eigenvalue weighted by atomic mass is 10.1. The molecule has 0 unspecified atom stereocenters. The average molecular weight is 404 g/mol. The molecule has 1 aromatic heterocycles. The predicted molar refractivity (Wildman–Crippen MR) is 90.9 cm³/mol. The van der Waals surface area contributed by atoms with E-state index in [2.05, 4.69) is 10.4 Å². The molecule has 0 saturated heterocycles. The summed E-state index contributed by atoms with van der Waals surface area (Å²) in [6.45, 7) is -0.359. The van der Waals surface area contributed by atoms with Crippen molar-refractivity contribution in [2.24, 2.45) is 7.05 Å². The second-order valence-corrected chi connectivity index (χ2v) is 5.56. The van der Waals surface area contributed by atoms with Gasteiger partial charge in [-0.2, -0.15) is 13.2 Å². The zero-order valence-corrected chi connectivity index (χ0v) is 15.6. The SMILES string of the molecule is COc1cc(C(=O)NCCn2nc(C(F)(F)F)n(C)c2=O)cc(OC)c1OC. The number of ether oxygens (including phenoxy) is 3. The molecule has 0 saturated carbocycles. The summed E-state index contributed by atoms with van der Waals surface area (Å²) in [5.74, 6) is -1.01. The number of amides is 1. The van der Waals surface area contributed by atoms with Crippen molar-refractivity contribution in [2.45, 2.75) is 12.7 Å². The lowest BCUT2D eigenvalue weighted by molar-refractivity contribution is -0.147. The van der Waals surface area contributed by atoms with Crippen molar-refractivity contribution in [3.63, 3.8) is 0 Å². The van der Waals surface area contributed by atoms with Crippen LogP contribution in [0.25, 0.3) is 0 Å². The average Bonchev–Trinajstić information content (AvgIpc) is 2.95. The molecule has 2 rings (SSSR count). The Morgan fingerprint density at radius 2 is 1.71 bits per heavy atom. The summed E-state index contributed by atoms with van der Waals surface area (Å²) in [7, 11) is 5.18. The van der Waals surface area contributed by atoms with E-state index >= 15 is 0 Å². The molecule has 1 aromatic carbocycles. The Bertz CT molecular complexity index is 895. The highest BCUT2D eigenvalue weighted by molar-refractivity contribution is 5.95. The first-order valence-electron chi connectivity index (χ1n) is 7.93. The third-order valence-corrected chi connectivity index (χ3v) is 3.83. The Balaban J connectivity index is 2.13. The molecule has 28 heavy (non-hydrogen) atoms. The van der Waals surface area contributed by atoms with Crippen LogP contribution in [-0.2, 0) is 19.8 Å². The number of alkyl halides is 3. The van der Waals surface area contributed by atoms with Gasteiger partial charge in [0.25, 0.3) is 5.91 Å². The van der Waals surface area contributed by atoms with Gasteiger partial charge in [0, 0.05) is 19.2 Å². The van der Waals surface area contributed by atoms with Gasteiger partial charge in [0.05, 0.1) is 27.9 Å². The maximum atomic E-state index is 12.8. The number of carbonyl (C=O) groups is 1. The van der Waals surface area contributed by atoms with Crippen molar-refractivity contribution in [3.05, 3.63) is 34.0 Å². The number of rotatable bonds is 7. The van der Waals surface area contributed by atoms with Crippen molar-refractivity contribution < 1.29 is 32.2 Å². The maximum Gasteiger partial charge on any atom is 0.451 e. The van der Waals surface area contributed by atoms with Gasteiger partial charge in [0.1, 0.15) is 0 Å². The molecule has 12 heteroatoms. The van der Waals surface area contributed by atoms with E-state index in [4.69, 9.17) is 14.2 Å². The van der Waals surface area contributed by atoms with E-state index in [0.29, 0.717) is 15.0 Å². The van der Waals surface area contributed by atoms with Gasteiger partial charge in [0.15, 0.2) is 11.5 Å². The molecule has 2 aromatic rings. The number of benzene rings is 1. The first-order chi connectivity index (χ1) is 13.1. The van der Waals surface area contributed by atoms with E-state index < -0.39 is 23.6 Å². The third-order valence-electron chi connectivity index (χ3n) is 3.83. The van der Waals surface area contributed by atoms with Crippen molar-refractivity contribution in [3.8, 4) is 17.2 Å². The lowest BCUT2D eigenvalue weighted by Crippen LogP contribution is -2.31. The molecule has 0 aliphatic heterocycles. The Labute approximate surface area is 157 Å². The lowest BCUT2D eigenvalue weighted by Gasteiger charge is -2.14. The minimum absolute atomic E-state index is 0.121. The molecule has 1 N–H and O–H groups in total. The fourth-order valence-electron chi connectivity index (χ4n) is 2.47. The minimum atomic E-state index is -4.75. The molecule has 0 aliphatic carbocycles. The summed E-state index contributed by atoms with van der Waals surface area (Å²) in [5, 5.41) is 5.76. The number of hydrogen-bond donors (Lipinski definition) is 1. The van der Waals surface area contributed by atoms with Crippen LogP contribution in [-0.4, -0.2) is 48.1 Å². The number of hydrogen-bond acceptors (Lipinski definition) is 6. The normalized spacial score (nSPS) is 11.2. The molecule has 0 atom stereocenters. The van der Waals surface area contributed by atoms with Crippen molar-refractivity contribution in [2.75, 3.05) is 27.9 Å². The maximum absolute atomic E-state index is 12.8. The van der Waals surface area contributed by atoms with Gasteiger partial charge < -0.3 is 19.5 Å². The molecular formula is C16H19F3N4O5. The van der Waals surface area contributed by atoms with Crippen LogP contribution in [0.4, 0.5) is 13.2 Å². The summed E-state index contributed by atoms with van der Waals surface area (Å²) >= 11 is 0. The van der Waals surface area contributed by atoms with E-state index in [0.717, 1.165) is 7.05 Å². The van der Waals surface area contributed by atoms with Crippen LogP contribution in [0.2, 0.25) is 0 Å². The van der Waals surface area contributed by atoms with Crippen LogP contribution in [0, 0.1) is 0 Å². The van der Waals surface area contributed by atoms with Gasteiger partial charge >= 0.3 is 11.9 Å². The Morgan fingerprint density at radius 1 is 1.14 bits per heavy atom. The van der Waals surface area contributed by atoms with Gasteiger partial charge in [-0.3, -0.25) is 9.36 Å². The molecule has 9 nitrogen and oxygen atoms in total. The largest absolute Gasteiger partial charge is 0.493 e. The molecule has 0 bridgehead atoms. The van der Waals surface area contributed by atoms with Crippen LogP contribution in [0.5, 0.6) is 17.2 Å². The zero-order chi connectivity index (χ0) is 21.1. The smallest absolute Gasteiger partial charge is 0.451 e. The zero-order valence-electron chi connectivity index (χ0n) is 15.6. The third kappa shape index (κ3) is 4.21. The van der Waals surface area contributed by atoms with Gasteiger partial charge in [0.2, 0.25) is 11.6 Å². The highest BCUT2D eigenvalue weighted by Gasteiger charge is 2.37. The second kappa shape index (κ2) is 8.23. The first kappa shape index (κ1) is 21.1. The van der Waals surface area contributed by atoms with Crippen molar-refractivity contribution >= 4 is 5.91 Å². The Morgan fingerprint density at radius 3 is 2.14 bits per heavy atom. The molecule has 0 fully saturated rings. The van der Waals surface area contributed by atoms with Gasteiger partial charge in [-0.25, -0.2) is 9.48 Å². The van der Waals surface area contributed by atoms with E-state index in [-0.39, 0.29) is 30.2 Å². The molecule has 0 aliphatic rings. The van der Waals surface area contributed by atoms with E-state index in [1.807, 2.05) is 0 Å². The summed E-state index contributed by atoms with van der Waals surface area (Å²) in [6, 6.07) is 2.84. The second-order valence-electron chi connectivity index (χ2n) is 5.56. The summed E-state index contributed by atoms with van der Waals surface area (Å²) in [5.41, 5.74) is -0.756. The molecule has 0 radical (unpaired) electrons. The summed E-state index contributed by atoms with van der Waals surface area (Å²) in [6.07, 6.45) is -4.75. The number of halogens is 3. The first-order valence-corrected chi connectivity index (χ1v) is 7.93. The molecule has 1 amide bonds. The van der Waals surface area contributed by atoms with E-state index in [9.17, 15) is 22.8 Å². The summed E-state index contributed by atoms with van der Waals surface area (Å²) in [4.78, 5) is 24.2. The number of nitrogens with one attached hydrogen (secondary N) is 1. The molecule has 0 spiro atoms. The fourth-order valence-corrected chi connectivity index (χ4v) is 2.47. The topological polar surface area (TPSA) is 96.6 Å². The monoisotopic (exact) mass is 404 g/mol. The van der Waals surface area contributed by atoms with Gasteiger partial charge in [-0.1, -0.05) is 0 Å². The van der Waals surface area contributed by atoms with Crippen LogP contribution in [0.1, 0.15) is 16.2 Å². The Kier molecular flexibility index (Phi) is 6.21. The van der Waals surface area contributed by atoms with Gasteiger partial charge in [-0.05, 0) is 12.1 Å². The van der Waals surface area contributed by atoms with Crippen molar-refractivity contribution in [1.82, 2.24) is 19.7 Å². The number of methoxy groups -OCH3 is 3. The Hall–Kier alpha value is -3.18. The van der Waals surface area contributed by atoms with E-state index in [1.165, 1.54) is 33.5 Å². The molecule has 154 valence electrons. The van der Waals surface area contributed by atoms with Crippen LogP contribution >= 0.6 is 0 Å². The number of aromatic nitrogens is 3. The van der Waals surface area contributed by atoms with Crippen LogP contribution < -0.4 is 25.2 Å². The predicted octanol–water partition coefficient (Wildman–Crippen LogP) is 1.06. The number of nitrogens with zero attached hydrogens (tertiary/aromatic N) is 3. The van der Waals surface area contributed by atoms with Gasteiger partial charge in [-0.15, -0.1) is 5.10 Å².